The number of hydrogen-bond donors (Lipinski definition) is 0. The van der Waals surface area contributed by atoms with E-state index in [4.69, 9.17) is 5.26 Å². The van der Waals surface area contributed by atoms with Gasteiger partial charge in [-0.2, -0.15) is 18.4 Å². The van der Waals surface area contributed by atoms with Crippen molar-refractivity contribution in [3.05, 3.63) is 29.3 Å². The van der Waals surface area contributed by atoms with Crippen molar-refractivity contribution in [2.24, 2.45) is 0 Å². The Kier molecular flexibility index (Phi) is 2.60. The maximum Gasteiger partial charge on any atom is 0.417 e. The monoisotopic (exact) mass is 205 g/mol. The molecule has 0 radical (unpaired) electrons. The van der Waals surface area contributed by atoms with Crippen LogP contribution < -0.4 is 4.94 Å². The zero-order valence-corrected chi connectivity index (χ0v) is 6.60. The lowest BCUT2D eigenvalue weighted by Crippen LogP contribution is -2.07. The molecule has 1 aromatic carbocycles. The number of benzene rings is 1. The number of hydrogen-bond acceptors (Lipinski definition) is 2. The fraction of sp³-hybridized carbons (Fsp3) is 0.125. The SMILES string of the molecule is N#Cc1ccc(OF)cc1C(F)(F)F. The van der Waals surface area contributed by atoms with Gasteiger partial charge in [-0.3, -0.25) is 4.94 Å². The highest BCUT2D eigenvalue weighted by Gasteiger charge is 2.34. The van der Waals surface area contributed by atoms with Crippen LogP contribution in [0.25, 0.3) is 0 Å². The molecule has 0 aliphatic carbocycles. The minimum Gasteiger partial charge on any atom is -0.294 e. The Bertz CT molecular complexity index is 380. The Hall–Kier alpha value is -1.77. The molecule has 1 rings (SSSR count). The first-order valence-electron chi connectivity index (χ1n) is 3.39. The first-order chi connectivity index (χ1) is 6.49. The van der Waals surface area contributed by atoms with E-state index in [0.717, 1.165) is 12.1 Å². The molecular weight excluding hydrogens is 202 g/mol. The number of rotatable bonds is 1. The second-order valence-corrected chi connectivity index (χ2v) is 2.39. The van der Waals surface area contributed by atoms with Crippen molar-refractivity contribution < 1.29 is 22.6 Å². The molecule has 0 aliphatic rings. The number of nitriles is 1. The molecule has 74 valence electrons. The van der Waals surface area contributed by atoms with Gasteiger partial charge in [-0.1, -0.05) is 0 Å². The Morgan fingerprint density at radius 3 is 2.36 bits per heavy atom. The molecule has 0 spiro atoms. The van der Waals surface area contributed by atoms with Crippen molar-refractivity contribution in [1.82, 2.24) is 0 Å². The van der Waals surface area contributed by atoms with Crippen LogP contribution in [0.1, 0.15) is 11.1 Å². The van der Waals surface area contributed by atoms with E-state index in [-0.39, 0.29) is 0 Å². The van der Waals surface area contributed by atoms with Gasteiger partial charge in [0.1, 0.15) is 0 Å². The normalized spacial score (nSPS) is 10.8. The molecular formula is C8H3F4NO. The molecule has 0 amide bonds. The fourth-order valence-electron chi connectivity index (χ4n) is 0.903. The van der Waals surface area contributed by atoms with Crippen molar-refractivity contribution >= 4 is 0 Å². The molecule has 0 unspecified atom stereocenters. The Labute approximate surface area is 76.2 Å². The second kappa shape index (κ2) is 3.54. The molecule has 0 atom stereocenters. The van der Waals surface area contributed by atoms with E-state index in [1.54, 1.807) is 0 Å². The minimum atomic E-state index is -4.69. The molecule has 1 aromatic rings. The Balaban J connectivity index is 3.31. The van der Waals surface area contributed by atoms with Crippen LogP contribution in [-0.4, -0.2) is 0 Å². The second-order valence-electron chi connectivity index (χ2n) is 2.39. The van der Waals surface area contributed by atoms with Crippen LogP contribution in [0.3, 0.4) is 0 Å². The van der Waals surface area contributed by atoms with Gasteiger partial charge in [-0.15, -0.1) is 0 Å². The van der Waals surface area contributed by atoms with Crippen molar-refractivity contribution in [1.29, 1.82) is 5.26 Å². The standard InChI is InChI=1S/C8H3F4NO/c9-8(10,11)7-3-6(14-12)2-1-5(7)4-13/h1-3H. The largest absolute Gasteiger partial charge is 0.417 e. The van der Waals surface area contributed by atoms with E-state index < -0.39 is 23.1 Å². The lowest BCUT2D eigenvalue weighted by molar-refractivity contribution is -0.138. The molecule has 2 nitrogen and oxygen atoms in total. The van der Waals surface area contributed by atoms with Crippen LogP contribution in [0.5, 0.6) is 5.75 Å². The van der Waals surface area contributed by atoms with Crippen LogP contribution >= 0.6 is 0 Å². The van der Waals surface area contributed by atoms with Crippen molar-refractivity contribution in [2.45, 2.75) is 6.18 Å². The zero-order chi connectivity index (χ0) is 10.8. The smallest absolute Gasteiger partial charge is 0.294 e. The molecule has 0 aromatic heterocycles. The summed E-state index contributed by atoms with van der Waals surface area (Å²) >= 11 is 0. The molecule has 0 heterocycles. The van der Waals surface area contributed by atoms with Gasteiger partial charge < -0.3 is 0 Å². The Morgan fingerprint density at radius 2 is 1.93 bits per heavy atom. The molecule has 0 N–H and O–H groups in total. The minimum absolute atomic E-state index is 0.429. The van der Waals surface area contributed by atoms with Crippen LogP contribution in [0, 0.1) is 11.3 Å². The Morgan fingerprint density at radius 1 is 1.29 bits per heavy atom. The molecule has 0 saturated carbocycles. The molecule has 0 aliphatic heterocycles. The molecule has 6 heteroatoms. The molecule has 14 heavy (non-hydrogen) atoms. The van der Waals surface area contributed by atoms with E-state index in [9.17, 15) is 17.7 Å². The van der Waals surface area contributed by atoms with E-state index >= 15 is 0 Å². The third-order valence-corrected chi connectivity index (χ3v) is 1.51. The third kappa shape index (κ3) is 1.93. The molecule has 0 bridgehead atoms. The zero-order valence-electron chi connectivity index (χ0n) is 6.60. The highest BCUT2D eigenvalue weighted by molar-refractivity contribution is 5.44. The summed E-state index contributed by atoms with van der Waals surface area (Å²) in [6.07, 6.45) is -4.69. The first kappa shape index (κ1) is 10.3. The average molecular weight is 205 g/mol. The van der Waals surface area contributed by atoms with Crippen molar-refractivity contribution in [3.8, 4) is 11.8 Å². The fourth-order valence-corrected chi connectivity index (χ4v) is 0.903. The van der Waals surface area contributed by atoms with Crippen LogP contribution in [0.15, 0.2) is 18.2 Å². The van der Waals surface area contributed by atoms with Crippen molar-refractivity contribution in [2.75, 3.05) is 0 Å². The first-order valence-corrected chi connectivity index (χ1v) is 3.39. The number of halogens is 4. The summed E-state index contributed by atoms with van der Waals surface area (Å²) in [6.45, 7) is 0. The van der Waals surface area contributed by atoms with Gasteiger partial charge in [0.05, 0.1) is 17.2 Å². The summed E-state index contributed by atoms with van der Waals surface area (Å²) in [5.74, 6) is -0.587. The lowest BCUT2D eigenvalue weighted by atomic mass is 10.1. The third-order valence-electron chi connectivity index (χ3n) is 1.51. The van der Waals surface area contributed by atoms with E-state index in [1.165, 1.54) is 6.07 Å². The van der Waals surface area contributed by atoms with Gasteiger partial charge in [0, 0.05) is 4.53 Å². The summed E-state index contributed by atoms with van der Waals surface area (Å²) in [7, 11) is 0. The molecule has 0 fully saturated rings. The highest BCUT2D eigenvalue weighted by Crippen LogP contribution is 2.34. The maximum atomic E-state index is 12.2. The van der Waals surface area contributed by atoms with Gasteiger partial charge in [0.15, 0.2) is 5.75 Å². The quantitative estimate of drug-likeness (QED) is 0.660. The average Bonchev–Trinajstić information content (AvgIpc) is 2.15. The summed E-state index contributed by atoms with van der Waals surface area (Å²) in [6, 6.07) is 3.57. The van der Waals surface area contributed by atoms with Gasteiger partial charge in [-0.05, 0) is 18.2 Å². The predicted molar refractivity (Wildman–Crippen MR) is 37.9 cm³/mol. The van der Waals surface area contributed by atoms with Gasteiger partial charge in [0.25, 0.3) is 0 Å². The molecule has 0 saturated heterocycles. The highest BCUT2D eigenvalue weighted by atomic mass is 19.4. The topological polar surface area (TPSA) is 33.0 Å². The lowest BCUT2D eigenvalue weighted by Gasteiger charge is -2.08. The summed E-state index contributed by atoms with van der Waals surface area (Å²) in [4.78, 5) is 3.14. The van der Waals surface area contributed by atoms with E-state index in [0.29, 0.717) is 6.07 Å². The van der Waals surface area contributed by atoms with Crippen LogP contribution in [-0.2, 0) is 6.18 Å². The van der Waals surface area contributed by atoms with Crippen molar-refractivity contribution in [3.63, 3.8) is 0 Å². The van der Waals surface area contributed by atoms with Gasteiger partial charge in [-0.25, -0.2) is 0 Å². The summed E-state index contributed by atoms with van der Waals surface area (Å²) in [5.41, 5.74) is -1.78. The summed E-state index contributed by atoms with van der Waals surface area (Å²) < 4.78 is 48.2. The number of alkyl halides is 3. The van der Waals surface area contributed by atoms with Crippen LogP contribution in [0.2, 0.25) is 0 Å². The maximum absolute atomic E-state index is 12.2. The summed E-state index contributed by atoms with van der Waals surface area (Å²) in [5, 5.41) is 8.36. The van der Waals surface area contributed by atoms with E-state index in [1.807, 2.05) is 0 Å². The van der Waals surface area contributed by atoms with Crippen LogP contribution in [0.4, 0.5) is 17.7 Å². The van der Waals surface area contributed by atoms with Gasteiger partial charge >= 0.3 is 6.18 Å². The van der Waals surface area contributed by atoms with Gasteiger partial charge in [0.2, 0.25) is 0 Å². The predicted octanol–water partition coefficient (Wildman–Crippen LogP) is 2.84. The number of nitrogens with zero attached hydrogens (tertiary/aromatic N) is 1. The van der Waals surface area contributed by atoms with E-state index in [2.05, 4.69) is 4.94 Å².